The molecule has 1 aromatic heterocycles. The van der Waals surface area contributed by atoms with Gasteiger partial charge in [0.1, 0.15) is 5.82 Å². The van der Waals surface area contributed by atoms with Crippen LogP contribution in [0.4, 0.5) is 9.52 Å². The molecule has 0 bridgehead atoms. The van der Waals surface area contributed by atoms with Crippen molar-refractivity contribution in [2.75, 3.05) is 37.8 Å². The lowest BCUT2D eigenvalue weighted by molar-refractivity contribution is -0.118. The Labute approximate surface area is 215 Å². The van der Waals surface area contributed by atoms with Crippen molar-refractivity contribution in [3.63, 3.8) is 0 Å². The molecule has 0 aliphatic carbocycles. The number of carbonyl (C=O) groups excluding carboxylic acids is 1. The van der Waals surface area contributed by atoms with Gasteiger partial charge in [-0.1, -0.05) is 22.9 Å². The van der Waals surface area contributed by atoms with E-state index < -0.39 is 15.7 Å². The molecule has 0 saturated heterocycles. The zero-order valence-corrected chi connectivity index (χ0v) is 22.5. The standard InChI is InChI=1S/C23H27ClFN3O3S2.ClH/c1-16-19(24)11-12-20-22(16)26-23(32-20)28(14-5-13-27(2)3)21(29)6-4-15-33(30,31)18-9-7-17(25)8-10-18;/h7-12H,4-6,13-15H2,1-3H3;1H. The van der Waals surface area contributed by atoms with Crippen LogP contribution < -0.4 is 4.90 Å². The van der Waals surface area contributed by atoms with Crippen molar-refractivity contribution in [1.82, 2.24) is 9.88 Å². The zero-order valence-electron chi connectivity index (χ0n) is 19.3. The maximum absolute atomic E-state index is 13.1. The number of aryl methyl sites for hydroxylation is 1. The fraction of sp³-hybridized carbons (Fsp3) is 0.391. The van der Waals surface area contributed by atoms with Gasteiger partial charge >= 0.3 is 0 Å². The Bertz CT molecular complexity index is 1230. The van der Waals surface area contributed by atoms with Crippen LogP contribution in [0.15, 0.2) is 41.3 Å². The average Bonchev–Trinajstić information content (AvgIpc) is 3.18. The molecule has 0 aliphatic rings. The Morgan fingerprint density at radius 3 is 2.41 bits per heavy atom. The molecule has 186 valence electrons. The summed E-state index contributed by atoms with van der Waals surface area (Å²) in [5.74, 6) is -0.861. The lowest BCUT2D eigenvalue weighted by Gasteiger charge is -2.21. The SMILES string of the molecule is Cc1c(Cl)ccc2sc(N(CCCN(C)C)C(=O)CCCS(=O)(=O)c3ccc(F)cc3)nc12.Cl. The topological polar surface area (TPSA) is 70.6 Å². The highest BCUT2D eigenvalue weighted by Crippen LogP contribution is 2.34. The molecule has 3 aromatic rings. The molecule has 1 amide bonds. The molecule has 1 heterocycles. The quantitative estimate of drug-likeness (QED) is 0.319. The van der Waals surface area contributed by atoms with E-state index in [1.54, 1.807) is 4.90 Å². The molecule has 0 fully saturated rings. The Hall–Kier alpha value is -1.78. The van der Waals surface area contributed by atoms with Gasteiger partial charge in [-0.15, -0.1) is 12.4 Å². The van der Waals surface area contributed by atoms with E-state index in [1.165, 1.54) is 23.5 Å². The molecule has 0 saturated carbocycles. The first-order chi connectivity index (χ1) is 15.6. The molecule has 6 nitrogen and oxygen atoms in total. The van der Waals surface area contributed by atoms with Crippen molar-refractivity contribution >= 4 is 66.4 Å². The second kappa shape index (κ2) is 12.3. The second-order valence-corrected chi connectivity index (χ2v) is 11.6. The molecule has 0 atom stereocenters. The van der Waals surface area contributed by atoms with Crippen LogP contribution in [0.5, 0.6) is 0 Å². The van der Waals surface area contributed by atoms with E-state index in [9.17, 15) is 17.6 Å². The third-order valence-corrected chi connectivity index (χ3v) is 8.50. The fourth-order valence-electron chi connectivity index (χ4n) is 3.38. The van der Waals surface area contributed by atoms with Crippen molar-refractivity contribution < 1.29 is 17.6 Å². The molecule has 0 N–H and O–H groups in total. The number of sulfone groups is 1. The minimum absolute atomic E-state index is 0. The van der Waals surface area contributed by atoms with Gasteiger partial charge < -0.3 is 4.90 Å². The van der Waals surface area contributed by atoms with Gasteiger partial charge in [-0.2, -0.15) is 0 Å². The highest BCUT2D eigenvalue weighted by atomic mass is 35.5. The van der Waals surface area contributed by atoms with Crippen molar-refractivity contribution in [3.8, 4) is 0 Å². The summed E-state index contributed by atoms with van der Waals surface area (Å²) < 4.78 is 39.1. The molecule has 0 radical (unpaired) electrons. The smallest absolute Gasteiger partial charge is 0.228 e. The summed E-state index contributed by atoms with van der Waals surface area (Å²) in [4.78, 5) is 21.5. The lowest BCUT2D eigenvalue weighted by atomic mass is 10.2. The molecule has 0 spiro atoms. The first-order valence-electron chi connectivity index (χ1n) is 10.6. The van der Waals surface area contributed by atoms with Gasteiger partial charge in [-0.05, 0) is 82.4 Å². The van der Waals surface area contributed by atoms with Crippen LogP contribution in [0, 0.1) is 12.7 Å². The first kappa shape index (κ1) is 28.5. The Morgan fingerprint density at radius 2 is 1.76 bits per heavy atom. The number of aromatic nitrogens is 1. The van der Waals surface area contributed by atoms with Gasteiger partial charge in [0, 0.05) is 18.0 Å². The summed E-state index contributed by atoms with van der Waals surface area (Å²) in [6.07, 6.45) is 0.985. The third-order valence-electron chi connectivity index (χ3n) is 5.23. The van der Waals surface area contributed by atoms with Crippen LogP contribution in [0.2, 0.25) is 5.02 Å². The van der Waals surface area contributed by atoms with Crippen LogP contribution >= 0.6 is 35.3 Å². The monoisotopic (exact) mass is 547 g/mol. The average molecular weight is 549 g/mol. The van der Waals surface area contributed by atoms with Crippen molar-refractivity contribution in [3.05, 3.63) is 52.8 Å². The minimum Gasteiger partial charge on any atom is -0.309 e. The van der Waals surface area contributed by atoms with Crippen LogP contribution in [-0.4, -0.2) is 57.1 Å². The molecule has 34 heavy (non-hydrogen) atoms. The lowest BCUT2D eigenvalue weighted by Crippen LogP contribution is -2.33. The molecule has 2 aromatic carbocycles. The van der Waals surface area contributed by atoms with Gasteiger partial charge in [0.15, 0.2) is 15.0 Å². The number of fused-ring (bicyclic) bond motifs is 1. The van der Waals surface area contributed by atoms with Gasteiger partial charge in [0.25, 0.3) is 0 Å². The predicted octanol–water partition coefficient (Wildman–Crippen LogP) is 5.36. The van der Waals surface area contributed by atoms with Crippen molar-refractivity contribution in [1.29, 1.82) is 0 Å². The van der Waals surface area contributed by atoms with E-state index >= 15 is 0 Å². The Balaban J connectivity index is 0.00000408. The molecule has 11 heteroatoms. The molecule has 0 unspecified atom stereocenters. The number of thiazole rings is 1. The Kier molecular flexibility index (Phi) is 10.3. The van der Waals surface area contributed by atoms with E-state index in [4.69, 9.17) is 11.6 Å². The number of rotatable bonds is 10. The molecule has 3 rings (SSSR count). The van der Waals surface area contributed by atoms with E-state index in [0.29, 0.717) is 16.7 Å². The first-order valence-corrected chi connectivity index (χ1v) is 13.4. The van der Waals surface area contributed by atoms with Gasteiger partial charge in [-0.25, -0.2) is 17.8 Å². The summed E-state index contributed by atoms with van der Waals surface area (Å²) >= 11 is 7.65. The van der Waals surface area contributed by atoms with E-state index in [0.717, 1.165) is 40.9 Å². The summed E-state index contributed by atoms with van der Waals surface area (Å²) in [5.41, 5.74) is 1.63. The van der Waals surface area contributed by atoms with Gasteiger partial charge in [0.05, 0.1) is 20.9 Å². The fourth-order valence-corrected chi connectivity index (χ4v) is 5.92. The maximum Gasteiger partial charge on any atom is 0.228 e. The number of hydrogen-bond donors (Lipinski definition) is 0. The number of benzene rings is 2. The number of nitrogens with zero attached hydrogens (tertiary/aromatic N) is 3. The minimum atomic E-state index is -3.59. The zero-order chi connectivity index (χ0) is 24.2. The normalized spacial score (nSPS) is 11.6. The predicted molar refractivity (Wildman–Crippen MR) is 140 cm³/mol. The van der Waals surface area contributed by atoms with Gasteiger partial charge in [-0.3, -0.25) is 9.69 Å². The number of halogens is 3. The van der Waals surface area contributed by atoms with Crippen LogP contribution in [0.25, 0.3) is 10.2 Å². The third kappa shape index (κ3) is 7.11. The van der Waals surface area contributed by atoms with Crippen molar-refractivity contribution in [2.45, 2.75) is 31.1 Å². The summed E-state index contributed by atoms with van der Waals surface area (Å²) in [7, 11) is 0.342. The summed E-state index contributed by atoms with van der Waals surface area (Å²) in [6.45, 7) is 3.18. The summed E-state index contributed by atoms with van der Waals surface area (Å²) in [6, 6.07) is 8.43. The second-order valence-electron chi connectivity index (χ2n) is 8.09. The van der Waals surface area contributed by atoms with Gasteiger partial charge in [0.2, 0.25) is 5.91 Å². The highest BCUT2D eigenvalue weighted by molar-refractivity contribution is 7.91. The van der Waals surface area contributed by atoms with E-state index in [-0.39, 0.29) is 41.8 Å². The van der Waals surface area contributed by atoms with E-state index in [2.05, 4.69) is 4.98 Å². The van der Waals surface area contributed by atoms with Crippen LogP contribution in [0.3, 0.4) is 0 Å². The largest absolute Gasteiger partial charge is 0.309 e. The van der Waals surface area contributed by atoms with E-state index in [1.807, 2.05) is 38.1 Å². The highest BCUT2D eigenvalue weighted by Gasteiger charge is 2.22. The maximum atomic E-state index is 13.1. The molecule has 0 aliphatic heterocycles. The number of anilines is 1. The summed E-state index contributed by atoms with van der Waals surface area (Å²) in [5, 5.41) is 1.20. The number of hydrogen-bond acceptors (Lipinski definition) is 6. The molecular formula is C23H28Cl2FN3O3S2. The van der Waals surface area contributed by atoms with Crippen molar-refractivity contribution in [2.24, 2.45) is 0 Å². The van der Waals surface area contributed by atoms with Crippen LogP contribution in [-0.2, 0) is 14.6 Å². The Morgan fingerprint density at radius 1 is 1.09 bits per heavy atom. The number of amides is 1. The number of carbonyl (C=O) groups is 1. The van der Waals surface area contributed by atoms with Crippen LogP contribution in [0.1, 0.15) is 24.8 Å². The molecular weight excluding hydrogens is 520 g/mol.